The summed E-state index contributed by atoms with van der Waals surface area (Å²) in [6.07, 6.45) is 1.58. The summed E-state index contributed by atoms with van der Waals surface area (Å²) >= 11 is 4.44. The number of halogens is 2. The fraction of sp³-hybridized carbons (Fsp3) is 0.0476. The molecule has 0 aliphatic heterocycles. The number of allylic oxidation sites excluding steroid dienone is 1. The molecule has 0 aromatic heterocycles. The monoisotopic (exact) mass is 562 g/mol. The smallest absolute Gasteiger partial charge is 0.146 e. The second-order valence-electron chi connectivity index (χ2n) is 5.52. The number of ether oxygens (including phenoxy) is 1. The molecule has 0 amide bonds. The van der Waals surface area contributed by atoms with Crippen LogP contribution >= 0.6 is 45.2 Å². The quantitative estimate of drug-likeness (QED) is 0.287. The van der Waals surface area contributed by atoms with E-state index in [1.54, 1.807) is 6.08 Å². The largest absolute Gasteiger partial charge is 0.487 e. The summed E-state index contributed by atoms with van der Waals surface area (Å²) in [7, 11) is 0. The zero-order chi connectivity index (χ0) is 18.5. The number of nitrogens with zero attached hydrogens (tertiary/aromatic N) is 2. The third kappa shape index (κ3) is 4.17. The number of rotatable bonds is 4. The Kier molecular flexibility index (Phi) is 6.12. The van der Waals surface area contributed by atoms with Crippen LogP contribution in [0.4, 0.5) is 0 Å². The van der Waals surface area contributed by atoms with Gasteiger partial charge in [0.1, 0.15) is 30.1 Å². The maximum atomic E-state index is 8.91. The van der Waals surface area contributed by atoms with Crippen molar-refractivity contribution in [3.63, 3.8) is 0 Å². The lowest BCUT2D eigenvalue weighted by Gasteiger charge is -2.13. The van der Waals surface area contributed by atoms with Crippen LogP contribution in [0.15, 0.2) is 60.2 Å². The first-order valence-electron chi connectivity index (χ1n) is 7.72. The number of hydrogen-bond donors (Lipinski definition) is 0. The average Bonchev–Trinajstić information content (AvgIpc) is 2.65. The van der Waals surface area contributed by atoms with E-state index >= 15 is 0 Å². The highest BCUT2D eigenvalue weighted by molar-refractivity contribution is 14.1. The van der Waals surface area contributed by atoms with Crippen molar-refractivity contribution in [2.45, 2.75) is 6.61 Å². The van der Waals surface area contributed by atoms with E-state index in [4.69, 9.17) is 15.3 Å². The molecule has 26 heavy (non-hydrogen) atoms. The Bertz CT molecular complexity index is 1050. The van der Waals surface area contributed by atoms with Crippen LogP contribution in [-0.4, -0.2) is 0 Å². The Morgan fingerprint density at radius 1 is 0.962 bits per heavy atom. The van der Waals surface area contributed by atoms with Gasteiger partial charge in [-0.2, -0.15) is 10.5 Å². The van der Waals surface area contributed by atoms with Gasteiger partial charge < -0.3 is 4.74 Å². The third-order valence-electron chi connectivity index (χ3n) is 3.82. The number of fused-ring (bicyclic) bond motifs is 1. The maximum absolute atomic E-state index is 8.91. The molecule has 0 aliphatic carbocycles. The molecule has 0 N–H and O–H groups in total. The molecule has 126 valence electrons. The second-order valence-corrected chi connectivity index (χ2v) is 7.85. The van der Waals surface area contributed by atoms with Gasteiger partial charge in [-0.1, -0.05) is 42.5 Å². The molecule has 3 aromatic rings. The summed E-state index contributed by atoms with van der Waals surface area (Å²) in [5.41, 5.74) is 2.03. The van der Waals surface area contributed by atoms with Crippen molar-refractivity contribution in [3.05, 3.63) is 78.4 Å². The van der Waals surface area contributed by atoms with Crippen molar-refractivity contribution in [1.29, 1.82) is 10.5 Å². The molecule has 0 radical (unpaired) electrons. The first-order valence-corrected chi connectivity index (χ1v) is 9.88. The molecule has 0 saturated heterocycles. The van der Waals surface area contributed by atoms with Gasteiger partial charge in [-0.15, -0.1) is 0 Å². The highest BCUT2D eigenvalue weighted by atomic mass is 127. The fourth-order valence-corrected chi connectivity index (χ4v) is 4.75. The number of nitriles is 2. The minimum atomic E-state index is 0.0843. The molecule has 0 heterocycles. The zero-order valence-corrected chi connectivity index (χ0v) is 17.9. The topological polar surface area (TPSA) is 56.8 Å². The Hall–Kier alpha value is -2.10. The normalized spacial score (nSPS) is 10.0. The number of hydrogen-bond acceptors (Lipinski definition) is 3. The minimum absolute atomic E-state index is 0.0843. The van der Waals surface area contributed by atoms with E-state index in [9.17, 15) is 0 Å². The molecular formula is C21H12I2N2O. The standard InChI is InChI=1S/C21H12I2N2O/c22-19-9-14(8-15(11-24)12-25)10-20(23)21(19)26-13-17-6-3-5-16-4-1-2-7-18(16)17/h1-10H,13H2. The third-order valence-corrected chi connectivity index (χ3v) is 5.43. The molecule has 3 rings (SSSR count). The second kappa shape index (κ2) is 8.52. The molecule has 0 spiro atoms. The average molecular weight is 562 g/mol. The van der Waals surface area contributed by atoms with E-state index in [2.05, 4.69) is 69.4 Å². The predicted molar refractivity (Wildman–Crippen MR) is 119 cm³/mol. The lowest BCUT2D eigenvalue weighted by atomic mass is 10.1. The molecule has 0 fully saturated rings. The maximum Gasteiger partial charge on any atom is 0.146 e. The highest BCUT2D eigenvalue weighted by Gasteiger charge is 2.10. The van der Waals surface area contributed by atoms with Crippen LogP contribution in [0.25, 0.3) is 16.8 Å². The van der Waals surface area contributed by atoms with Crippen molar-refractivity contribution >= 4 is 62.0 Å². The van der Waals surface area contributed by atoms with Gasteiger partial charge in [0.25, 0.3) is 0 Å². The van der Waals surface area contributed by atoms with Crippen LogP contribution in [0.5, 0.6) is 5.75 Å². The minimum Gasteiger partial charge on any atom is -0.487 e. The Morgan fingerprint density at radius 3 is 2.31 bits per heavy atom. The first-order chi connectivity index (χ1) is 12.6. The summed E-state index contributed by atoms with van der Waals surface area (Å²) in [6.45, 7) is 0.476. The van der Waals surface area contributed by atoms with Gasteiger partial charge in [-0.3, -0.25) is 0 Å². The summed E-state index contributed by atoms with van der Waals surface area (Å²) < 4.78 is 7.99. The van der Waals surface area contributed by atoms with Crippen LogP contribution in [0.2, 0.25) is 0 Å². The summed E-state index contributed by atoms with van der Waals surface area (Å²) in [6, 6.07) is 22.0. The van der Waals surface area contributed by atoms with Gasteiger partial charge in [-0.05, 0) is 85.3 Å². The van der Waals surface area contributed by atoms with Crippen LogP contribution in [0.1, 0.15) is 11.1 Å². The Labute approximate surface area is 179 Å². The van der Waals surface area contributed by atoms with Crippen molar-refractivity contribution in [2.75, 3.05) is 0 Å². The van der Waals surface area contributed by atoms with Crippen LogP contribution in [0.3, 0.4) is 0 Å². The summed E-state index contributed by atoms with van der Waals surface area (Å²) in [5, 5.41) is 20.2. The van der Waals surface area contributed by atoms with Crippen molar-refractivity contribution in [3.8, 4) is 17.9 Å². The zero-order valence-electron chi connectivity index (χ0n) is 13.5. The van der Waals surface area contributed by atoms with Crippen molar-refractivity contribution in [1.82, 2.24) is 0 Å². The molecule has 0 saturated carbocycles. The molecule has 5 heteroatoms. The van der Waals surface area contributed by atoms with Crippen molar-refractivity contribution in [2.24, 2.45) is 0 Å². The SMILES string of the molecule is N#CC(C#N)=Cc1cc(I)c(OCc2cccc3ccccc23)c(I)c1. The fourth-order valence-electron chi connectivity index (χ4n) is 2.63. The predicted octanol–water partition coefficient (Wildman–Crippen LogP) is 6.06. The van der Waals surface area contributed by atoms with Crippen LogP contribution in [-0.2, 0) is 6.61 Å². The highest BCUT2D eigenvalue weighted by Crippen LogP contribution is 2.31. The van der Waals surface area contributed by atoms with Gasteiger partial charge in [0.2, 0.25) is 0 Å². The van der Waals surface area contributed by atoms with Gasteiger partial charge in [0.05, 0.1) is 7.14 Å². The van der Waals surface area contributed by atoms with Gasteiger partial charge >= 0.3 is 0 Å². The van der Waals surface area contributed by atoms with Crippen molar-refractivity contribution < 1.29 is 4.74 Å². The Balaban J connectivity index is 1.88. The van der Waals surface area contributed by atoms with E-state index in [-0.39, 0.29) is 5.57 Å². The van der Waals surface area contributed by atoms with Crippen LogP contribution < -0.4 is 4.74 Å². The lowest BCUT2D eigenvalue weighted by Crippen LogP contribution is -2.00. The van der Waals surface area contributed by atoms with E-state index in [0.29, 0.717) is 6.61 Å². The number of benzene rings is 3. The molecule has 0 atom stereocenters. The van der Waals surface area contributed by atoms with E-state index in [1.165, 1.54) is 10.8 Å². The summed E-state index contributed by atoms with van der Waals surface area (Å²) in [4.78, 5) is 0. The van der Waals surface area contributed by atoms with E-state index in [1.807, 2.05) is 42.5 Å². The van der Waals surface area contributed by atoms with Gasteiger partial charge in [0, 0.05) is 0 Å². The molecule has 3 nitrogen and oxygen atoms in total. The molecule has 0 aliphatic rings. The molecule has 0 bridgehead atoms. The first kappa shape index (κ1) is 18.7. The summed E-state index contributed by atoms with van der Waals surface area (Å²) in [5.74, 6) is 0.812. The van der Waals surface area contributed by atoms with E-state index < -0.39 is 0 Å². The van der Waals surface area contributed by atoms with Gasteiger partial charge in [0.15, 0.2) is 0 Å². The van der Waals surface area contributed by atoms with Crippen LogP contribution in [0, 0.1) is 29.8 Å². The lowest BCUT2D eigenvalue weighted by molar-refractivity contribution is 0.303. The molecule has 0 unspecified atom stereocenters. The molecule has 3 aromatic carbocycles. The molecular weight excluding hydrogens is 550 g/mol. The van der Waals surface area contributed by atoms with E-state index in [0.717, 1.165) is 24.0 Å². The Morgan fingerprint density at radius 2 is 1.62 bits per heavy atom. The van der Waals surface area contributed by atoms with Gasteiger partial charge in [-0.25, -0.2) is 0 Å².